The van der Waals surface area contributed by atoms with Crippen LogP contribution in [0.15, 0.2) is 30.3 Å². The lowest BCUT2D eigenvalue weighted by Gasteiger charge is -2.44. The van der Waals surface area contributed by atoms with Gasteiger partial charge in [0.2, 0.25) is 19.2 Å². The van der Waals surface area contributed by atoms with Crippen LogP contribution in [0.2, 0.25) is 0 Å². The first-order valence-electron chi connectivity index (χ1n) is 14.1. The van der Waals surface area contributed by atoms with E-state index in [1.807, 2.05) is 0 Å². The Morgan fingerprint density at radius 2 is 1.47 bits per heavy atom. The molecule has 5 atom stereocenters. The molecule has 1 N–H and O–H groups in total. The second kappa shape index (κ2) is 14.3. The molecule has 2 aromatic rings. The normalized spacial score (nSPS) is 21.8. The van der Waals surface area contributed by atoms with Crippen molar-refractivity contribution in [2.45, 2.75) is 78.2 Å². The minimum atomic E-state index is -1.51. The average molecular weight is 631 g/mol. The van der Waals surface area contributed by atoms with Gasteiger partial charge < -0.3 is 43.0 Å². The van der Waals surface area contributed by atoms with Crippen LogP contribution in [0.25, 0.3) is 0 Å². The number of benzene rings is 2. The van der Waals surface area contributed by atoms with Crippen molar-refractivity contribution in [3.05, 3.63) is 47.0 Å². The van der Waals surface area contributed by atoms with Gasteiger partial charge in [0.15, 0.2) is 29.5 Å². The van der Waals surface area contributed by atoms with E-state index < -0.39 is 61.2 Å². The third kappa shape index (κ3) is 8.01. The van der Waals surface area contributed by atoms with Crippen molar-refractivity contribution in [3.63, 3.8) is 0 Å². The number of fused-ring (bicyclic) bond motifs is 1. The zero-order valence-electron chi connectivity index (χ0n) is 25.4. The zero-order valence-corrected chi connectivity index (χ0v) is 25.4. The maximum absolute atomic E-state index is 13.2. The molecule has 14 nitrogen and oxygen atoms in total. The Hall–Kier alpha value is -4.85. The summed E-state index contributed by atoms with van der Waals surface area (Å²) < 4.78 is 44.1. The summed E-state index contributed by atoms with van der Waals surface area (Å²) in [6, 6.07) is 7.95. The number of phenols is 1. The van der Waals surface area contributed by atoms with Gasteiger partial charge in [-0.05, 0) is 36.2 Å². The first kappa shape index (κ1) is 33.1. The summed E-state index contributed by atoms with van der Waals surface area (Å²) >= 11 is 0. The van der Waals surface area contributed by atoms with Gasteiger partial charge in [0.1, 0.15) is 24.2 Å². The topological polar surface area (TPSA) is 179 Å². The van der Waals surface area contributed by atoms with Gasteiger partial charge in [-0.2, -0.15) is 0 Å². The van der Waals surface area contributed by atoms with Crippen LogP contribution in [0.1, 0.15) is 56.1 Å². The number of phenolic OH excluding ortho intramolecular Hbond substituents is 1. The Morgan fingerprint density at radius 1 is 0.822 bits per heavy atom. The highest BCUT2D eigenvalue weighted by atomic mass is 16.7. The van der Waals surface area contributed by atoms with E-state index in [0.29, 0.717) is 17.1 Å². The Morgan fingerprint density at radius 3 is 2.11 bits per heavy atom. The second-order valence-electron chi connectivity index (χ2n) is 10.3. The number of hydrogen-bond acceptors (Lipinski definition) is 14. The monoisotopic (exact) mass is 630 g/mol. The molecule has 0 saturated carbocycles. The smallest absolute Gasteiger partial charge is 0.303 e. The van der Waals surface area contributed by atoms with Crippen molar-refractivity contribution in [3.8, 4) is 23.0 Å². The van der Waals surface area contributed by atoms with Crippen LogP contribution in [-0.4, -0.2) is 78.9 Å². The van der Waals surface area contributed by atoms with Gasteiger partial charge in [0.25, 0.3) is 0 Å². The number of ketones is 1. The largest absolute Gasteiger partial charge is 0.507 e. The van der Waals surface area contributed by atoms with Gasteiger partial charge in [-0.1, -0.05) is 13.0 Å². The van der Waals surface area contributed by atoms with Crippen molar-refractivity contribution in [2.24, 2.45) is 0 Å². The Labute approximate surface area is 258 Å². The molecule has 4 rings (SSSR count). The molecule has 0 radical (unpaired) electrons. The highest BCUT2D eigenvalue weighted by Crippen LogP contribution is 2.37. The quantitative estimate of drug-likeness (QED) is 0.217. The van der Waals surface area contributed by atoms with Gasteiger partial charge in [-0.3, -0.25) is 24.0 Å². The number of aromatic hydroxyl groups is 1. The molecule has 0 spiro atoms. The number of carbonyl (C=O) groups is 5. The number of rotatable bonds is 11. The van der Waals surface area contributed by atoms with Crippen molar-refractivity contribution < 1.29 is 67.0 Å². The van der Waals surface area contributed by atoms with Crippen LogP contribution in [0.5, 0.6) is 23.0 Å². The van der Waals surface area contributed by atoms with Crippen LogP contribution < -0.4 is 14.2 Å². The van der Waals surface area contributed by atoms with Crippen LogP contribution in [0.4, 0.5) is 0 Å². The zero-order chi connectivity index (χ0) is 32.8. The van der Waals surface area contributed by atoms with Crippen molar-refractivity contribution >= 4 is 29.7 Å². The number of Topliss-reactive ketones (excluding diaryl/α,β-unsaturated/α-hetero) is 1. The fourth-order valence-electron chi connectivity index (χ4n) is 5.04. The lowest BCUT2D eigenvalue weighted by molar-refractivity contribution is -0.288. The minimum Gasteiger partial charge on any atom is -0.507 e. The number of carbonyl (C=O) groups excluding carboxylic acids is 5. The lowest BCUT2D eigenvalue weighted by atomic mass is 9.97. The van der Waals surface area contributed by atoms with E-state index in [1.165, 1.54) is 12.1 Å². The third-order valence-corrected chi connectivity index (χ3v) is 6.89. The first-order chi connectivity index (χ1) is 21.4. The molecular formula is C31H34O14. The van der Waals surface area contributed by atoms with Crippen molar-refractivity contribution in [1.29, 1.82) is 0 Å². The fourth-order valence-corrected chi connectivity index (χ4v) is 5.04. The maximum Gasteiger partial charge on any atom is 0.303 e. The van der Waals surface area contributed by atoms with Gasteiger partial charge in [0, 0.05) is 39.7 Å². The molecule has 2 aliphatic rings. The minimum absolute atomic E-state index is 0.0345. The molecule has 1 saturated heterocycles. The molecule has 0 aromatic heterocycles. The molecule has 2 heterocycles. The van der Waals surface area contributed by atoms with Gasteiger partial charge in [-0.15, -0.1) is 0 Å². The molecule has 0 bridgehead atoms. The molecule has 0 amide bonds. The highest BCUT2D eigenvalue weighted by molar-refractivity contribution is 6.00. The molecule has 2 aliphatic heterocycles. The van der Waals surface area contributed by atoms with Gasteiger partial charge >= 0.3 is 23.9 Å². The standard InChI is InChI=1S/C31H34O14/c1-6-20-23(10-8-21(27(20)37)22(36)11-19-7-9-24-25(12-19)40-14-39-24)44-31-30(43-18(5)35)29(42-17(4)34)28(41-16(3)33)26(45-31)13-38-15(2)32/h7-10,12,26,28-31,37H,6,11,13-14H2,1-5H3. The molecule has 5 unspecified atom stereocenters. The van der Waals surface area contributed by atoms with E-state index in [-0.39, 0.29) is 48.0 Å². The van der Waals surface area contributed by atoms with E-state index in [0.717, 1.165) is 27.7 Å². The SMILES string of the molecule is CCc1c(OC2OC(COC(C)=O)C(OC(C)=O)C(OC(C)=O)C2OC(C)=O)ccc(C(=O)Cc2ccc3c(c2)OCO3)c1O. The van der Waals surface area contributed by atoms with Crippen LogP contribution >= 0.6 is 0 Å². The van der Waals surface area contributed by atoms with Gasteiger partial charge in [-0.25, -0.2) is 0 Å². The fraction of sp³-hybridized carbons (Fsp3) is 0.452. The number of hydrogen-bond donors (Lipinski definition) is 1. The van der Waals surface area contributed by atoms with E-state index in [2.05, 4.69) is 0 Å². The number of esters is 4. The lowest BCUT2D eigenvalue weighted by Crippen LogP contribution is -2.63. The summed E-state index contributed by atoms with van der Waals surface area (Å²) in [6.07, 6.45) is -6.82. The molecule has 2 aromatic carbocycles. The van der Waals surface area contributed by atoms with Crippen LogP contribution in [-0.2, 0) is 55.7 Å². The molecule has 0 aliphatic carbocycles. The molecular weight excluding hydrogens is 596 g/mol. The van der Waals surface area contributed by atoms with Crippen molar-refractivity contribution in [1.82, 2.24) is 0 Å². The van der Waals surface area contributed by atoms with E-state index >= 15 is 0 Å². The highest BCUT2D eigenvalue weighted by Gasteiger charge is 2.53. The van der Waals surface area contributed by atoms with Crippen LogP contribution in [0.3, 0.4) is 0 Å². The van der Waals surface area contributed by atoms with Crippen LogP contribution in [0, 0.1) is 0 Å². The van der Waals surface area contributed by atoms with E-state index in [9.17, 15) is 29.1 Å². The van der Waals surface area contributed by atoms with E-state index in [4.69, 9.17) is 37.9 Å². The predicted octanol–water partition coefficient (Wildman–Crippen LogP) is 2.57. The average Bonchev–Trinajstić information content (AvgIpc) is 3.42. The Balaban J connectivity index is 1.65. The second-order valence-corrected chi connectivity index (χ2v) is 10.3. The van der Waals surface area contributed by atoms with Crippen molar-refractivity contribution in [2.75, 3.05) is 13.4 Å². The Kier molecular flexibility index (Phi) is 10.5. The summed E-state index contributed by atoms with van der Waals surface area (Å²) in [5.41, 5.74) is 0.928. The molecule has 242 valence electrons. The summed E-state index contributed by atoms with van der Waals surface area (Å²) in [5, 5.41) is 11.2. The maximum atomic E-state index is 13.2. The summed E-state index contributed by atoms with van der Waals surface area (Å²) in [5.74, 6) is -2.56. The summed E-state index contributed by atoms with van der Waals surface area (Å²) in [7, 11) is 0. The van der Waals surface area contributed by atoms with E-state index in [1.54, 1.807) is 25.1 Å². The third-order valence-electron chi connectivity index (χ3n) is 6.89. The van der Waals surface area contributed by atoms with Gasteiger partial charge in [0.05, 0.1) is 5.56 Å². The Bertz CT molecular complexity index is 1470. The predicted molar refractivity (Wildman–Crippen MR) is 151 cm³/mol. The molecule has 45 heavy (non-hydrogen) atoms. The number of ether oxygens (including phenoxy) is 8. The summed E-state index contributed by atoms with van der Waals surface area (Å²) in [4.78, 5) is 61.0. The molecule has 14 heteroatoms. The summed E-state index contributed by atoms with van der Waals surface area (Å²) in [6.45, 7) is 5.87. The first-order valence-corrected chi connectivity index (χ1v) is 14.1. The molecule has 1 fully saturated rings.